The highest BCUT2D eigenvalue weighted by Crippen LogP contribution is 2.25. The number of nitriles is 1. The Bertz CT molecular complexity index is 550. The van der Waals surface area contributed by atoms with Gasteiger partial charge in [0.2, 0.25) is 0 Å². The molecule has 4 nitrogen and oxygen atoms in total. The van der Waals surface area contributed by atoms with Crippen molar-refractivity contribution in [3.63, 3.8) is 0 Å². The molecular weight excluding hydrogens is 212 g/mol. The number of H-pyrrole nitrogens is 1. The first-order valence-electron chi connectivity index (χ1n) is 4.58. The average Bonchev–Trinajstić information content (AvgIpc) is 2.60. The standard InChI is InChI=1S/C10H9ClN4/c1-5(2)9-14-8(11)7-6(3-12)4-13-10(7)15-9/h4-5H,1-2H3,(H,13,14,15). The fourth-order valence-corrected chi connectivity index (χ4v) is 1.63. The lowest BCUT2D eigenvalue weighted by Crippen LogP contribution is -1.98. The SMILES string of the molecule is CC(C)c1nc(Cl)c2c(C#N)c[nH]c2n1. The van der Waals surface area contributed by atoms with Gasteiger partial charge in [-0.15, -0.1) is 0 Å². The predicted octanol–water partition coefficient (Wildman–Crippen LogP) is 2.61. The minimum absolute atomic E-state index is 0.209. The summed E-state index contributed by atoms with van der Waals surface area (Å²) >= 11 is 6.01. The topological polar surface area (TPSA) is 65.4 Å². The number of aromatic nitrogens is 3. The molecule has 1 N–H and O–H groups in total. The Hall–Kier alpha value is -1.60. The molecule has 76 valence electrons. The molecule has 0 aliphatic heterocycles. The third kappa shape index (κ3) is 1.55. The first kappa shape index (κ1) is 9.94. The molecule has 0 saturated carbocycles. The number of halogens is 1. The molecule has 0 aliphatic carbocycles. The summed E-state index contributed by atoms with van der Waals surface area (Å²) in [5.74, 6) is 0.888. The van der Waals surface area contributed by atoms with Gasteiger partial charge in [0.1, 0.15) is 22.7 Å². The highest BCUT2D eigenvalue weighted by Gasteiger charge is 2.13. The highest BCUT2D eigenvalue weighted by atomic mass is 35.5. The second kappa shape index (κ2) is 3.52. The van der Waals surface area contributed by atoms with E-state index in [4.69, 9.17) is 16.9 Å². The Labute approximate surface area is 91.9 Å². The normalized spacial score (nSPS) is 10.9. The molecule has 0 bridgehead atoms. The molecular formula is C10H9ClN4. The van der Waals surface area contributed by atoms with E-state index in [1.807, 2.05) is 19.9 Å². The van der Waals surface area contributed by atoms with Crippen LogP contribution in [0.3, 0.4) is 0 Å². The van der Waals surface area contributed by atoms with Gasteiger partial charge < -0.3 is 4.98 Å². The molecule has 0 aliphatic rings. The lowest BCUT2D eigenvalue weighted by atomic mass is 10.2. The van der Waals surface area contributed by atoms with Crippen LogP contribution in [-0.2, 0) is 0 Å². The number of nitrogens with zero attached hydrogens (tertiary/aromatic N) is 3. The first-order valence-corrected chi connectivity index (χ1v) is 4.96. The van der Waals surface area contributed by atoms with Crippen LogP contribution >= 0.6 is 11.6 Å². The molecule has 5 heteroatoms. The molecule has 0 fully saturated rings. The van der Waals surface area contributed by atoms with Gasteiger partial charge in [0, 0.05) is 12.1 Å². The van der Waals surface area contributed by atoms with Crippen molar-refractivity contribution in [3.8, 4) is 6.07 Å². The molecule has 0 atom stereocenters. The first-order chi connectivity index (χ1) is 7.13. The lowest BCUT2D eigenvalue weighted by molar-refractivity contribution is 0.781. The quantitative estimate of drug-likeness (QED) is 0.752. The molecule has 2 rings (SSSR count). The van der Waals surface area contributed by atoms with Crippen LogP contribution in [0.1, 0.15) is 31.2 Å². The summed E-state index contributed by atoms with van der Waals surface area (Å²) in [6, 6.07) is 2.04. The number of aromatic amines is 1. The van der Waals surface area contributed by atoms with Crippen LogP contribution in [0.4, 0.5) is 0 Å². The summed E-state index contributed by atoms with van der Waals surface area (Å²) < 4.78 is 0. The van der Waals surface area contributed by atoms with Crippen molar-refractivity contribution in [1.29, 1.82) is 5.26 Å². The van der Waals surface area contributed by atoms with Gasteiger partial charge in [-0.2, -0.15) is 5.26 Å². The summed E-state index contributed by atoms with van der Waals surface area (Å²) in [5.41, 5.74) is 1.10. The van der Waals surface area contributed by atoms with E-state index in [9.17, 15) is 0 Å². The zero-order valence-electron chi connectivity index (χ0n) is 8.37. The Morgan fingerprint density at radius 3 is 2.80 bits per heavy atom. The maximum absolute atomic E-state index is 8.84. The summed E-state index contributed by atoms with van der Waals surface area (Å²) in [6.45, 7) is 3.98. The Kier molecular flexibility index (Phi) is 2.33. The van der Waals surface area contributed by atoms with Crippen LogP contribution < -0.4 is 0 Å². The molecule has 0 aromatic carbocycles. The zero-order chi connectivity index (χ0) is 11.0. The van der Waals surface area contributed by atoms with Crippen LogP contribution in [0.25, 0.3) is 11.0 Å². The van der Waals surface area contributed by atoms with Crippen LogP contribution in [-0.4, -0.2) is 15.0 Å². The van der Waals surface area contributed by atoms with E-state index in [1.54, 1.807) is 6.20 Å². The summed E-state index contributed by atoms with van der Waals surface area (Å²) in [5, 5.41) is 9.78. The molecule has 2 heterocycles. The predicted molar refractivity (Wildman–Crippen MR) is 57.7 cm³/mol. The van der Waals surface area contributed by atoms with Gasteiger partial charge in [-0.25, -0.2) is 9.97 Å². The van der Waals surface area contributed by atoms with E-state index in [0.29, 0.717) is 27.6 Å². The van der Waals surface area contributed by atoms with Gasteiger partial charge >= 0.3 is 0 Å². The third-order valence-electron chi connectivity index (χ3n) is 2.14. The Morgan fingerprint density at radius 1 is 1.47 bits per heavy atom. The summed E-state index contributed by atoms with van der Waals surface area (Å²) in [4.78, 5) is 11.4. The fraction of sp³-hybridized carbons (Fsp3) is 0.300. The zero-order valence-corrected chi connectivity index (χ0v) is 9.13. The number of rotatable bonds is 1. The Morgan fingerprint density at radius 2 is 2.20 bits per heavy atom. The third-order valence-corrected chi connectivity index (χ3v) is 2.42. The molecule has 0 unspecified atom stereocenters. The van der Waals surface area contributed by atoms with Gasteiger partial charge in [-0.05, 0) is 0 Å². The number of hydrogen-bond acceptors (Lipinski definition) is 3. The summed E-state index contributed by atoms with van der Waals surface area (Å²) in [6.07, 6.45) is 1.59. The number of nitrogens with one attached hydrogen (secondary N) is 1. The smallest absolute Gasteiger partial charge is 0.143 e. The molecule has 15 heavy (non-hydrogen) atoms. The lowest BCUT2D eigenvalue weighted by Gasteiger charge is -2.03. The average molecular weight is 221 g/mol. The molecule has 2 aromatic rings. The van der Waals surface area contributed by atoms with Crippen LogP contribution in [0.15, 0.2) is 6.20 Å². The van der Waals surface area contributed by atoms with Gasteiger partial charge in [0.05, 0.1) is 10.9 Å². The van der Waals surface area contributed by atoms with Crippen molar-refractivity contribution < 1.29 is 0 Å². The van der Waals surface area contributed by atoms with Crippen LogP contribution in [0, 0.1) is 11.3 Å². The molecule has 2 aromatic heterocycles. The molecule has 0 saturated heterocycles. The van der Waals surface area contributed by atoms with E-state index in [-0.39, 0.29) is 5.92 Å². The van der Waals surface area contributed by atoms with Crippen molar-refractivity contribution in [2.45, 2.75) is 19.8 Å². The molecule has 0 amide bonds. The molecule has 0 spiro atoms. The number of hydrogen-bond donors (Lipinski definition) is 1. The van der Waals surface area contributed by atoms with E-state index in [1.165, 1.54) is 0 Å². The highest BCUT2D eigenvalue weighted by molar-refractivity contribution is 6.34. The summed E-state index contributed by atoms with van der Waals surface area (Å²) in [7, 11) is 0. The monoisotopic (exact) mass is 220 g/mol. The van der Waals surface area contributed by atoms with Crippen LogP contribution in [0.5, 0.6) is 0 Å². The van der Waals surface area contributed by atoms with Gasteiger partial charge in [-0.3, -0.25) is 0 Å². The van der Waals surface area contributed by atoms with E-state index < -0.39 is 0 Å². The maximum atomic E-state index is 8.84. The van der Waals surface area contributed by atoms with Crippen molar-refractivity contribution >= 4 is 22.6 Å². The van der Waals surface area contributed by atoms with Gasteiger partial charge in [0.25, 0.3) is 0 Å². The molecule has 0 radical (unpaired) electrons. The van der Waals surface area contributed by atoms with Gasteiger partial charge in [0.15, 0.2) is 0 Å². The minimum atomic E-state index is 0.209. The van der Waals surface area contributed by atoms with Crippen molar-refractivity contribution in [2.75, 3.05) is 0 Å². The van der Waals surface area contributed by atoms with Gasteiger partial charge in [-0.1, -0.05) is 25.4 Å². The largest absolute Gasteiger partial charge is 0.345 e. The maximum Gasteiger partial charge on any atom is 0.143 e. The van der Waals surface area contributed by atoms with Crippen molar-refractivity contribution in [2.24, 2.45) is 0 Å². The Balaban J connectivity index is 2.76. The van der Waals surface area contributed by atoms with Crippen LogP contribution in [0.2, 0.25) is 5.15 Å². The fourth-order valence-electron chi connectivity index (χ4n) is 1.35. The number of fused-ring (bicyclic) bond motifs is 1. The second-order valence-electron chi connectivity index (χ2n) is 3.57. The minimum Gasteiger partial charge on any atom is -0.345 e. The van der Waals surface area contributed by atoms with Crippen molar-refractivity contribution in [1.82, 2.24) is 15.0 Å². The van der Waals surface area contributed by atoms with E-state index in [0.717, 1.165) is 0 Å². The van der Waals surface area contributed by atoms with E-state index >= 15 is 0 Å². The van der Waals surface area contributed by atoms with E-state index in [2.05, 4.69) is 15.0 Å². The van der Waals surface area contributed by atoms with Crippen molar-refractivity contribution in [3.05, 3.63) is 22.7 Å². The second-order valence-corrected chi connectivity index (χ2v) is 3.92.